The normalized spacial score (nSPS) is 10.9. The molecule has 2 heterocycles. The number of hydrogen-bond acceptors (Lipinski definition) is 6. The number of rotatable bonds is 6. The van der Waals surface area contributed by atoms with Gasteiger partial charge in [-0.2, -0.15) is 0 Å². The molecule has 35 heavy (non-hydrogen) atoms. The van der Waals surface area contributed by atoms with Crippen LogP contribution in [0.3, 0.4) is 0 Å². The number of ketones is 1. The first-order valence-corrected chi connectivity index (χ1v) is 10.6. The van der Waals surface area contributed by atoms with Gasteiger partial charge >= 0.3 is 0 Å². The molecule has 8 heteroatoms. The number of ether oxygens (including phenoxy) is 1. The maximum Gasteiger partial charge on any atom is 0.240 e. The molecule has 0 saturated carbocycles. The molecule has 3 aromatic carbocycles. The van der Waals surface area contributed by atoms with Gasteiger partial charge < -0.3 is 19.5 Å². The number of aromatic nitrogens is 2. The fourth-order valence-corrected chi connectivity index (χ4v) is 3.95. The van der Waals surface area contributed by atoms with Gasteiger partial charge in [-0.3, -0.25) is 9.36 Å². The Labute approximate surface area is 199 Å². The smallest absolute Gasteiger partial charge is 0.240 e. The van der Waals surface area contributed by atoms with Crippen molar-refractivity contribution in [3.63, 3.8) is 0 Å². The molecule has 2 N–H and O–H groups in total. The molecule has 0 radical (unpaired) electrons. The Morgan fingerprint density at radius 1 is 0.971 bits per heavy atom. The Morgan fingerprint density at radius 3 is 2.37 bits per heavy atom. The molecule has 5 rings (SSSR count). The van der Waals surface area contributed by atoms with E-state index >= 15 is 0 Å². The maximum atomic E-state index is 13.7. The highest BCUT2D eigenvalue weighted by atomic mass is 19.1. The van der Waals surface area contributed by atoms with Gasteiger partial charge in [0.05, 0.1) is 18.4 Å². The Morgan fingerprint density at radius 2 is 1.71 bits per heavy atom. The number of hydrogen-bond donors (Lipinski definition) is 2. The summed E-state index contributed by atoms with van der Waals surface area (Å²) in [5, 5.41) is 25.9. The summed E-state index contributed by atoms with van der Waals surface area (Å²) >= 11 is 0. The van der Waals surface area contributed by atoms with Crippen LogP contribution in [0.2, 0.25) is 0 Å². The van der Waals surface area contributed by atoms with Crippen LogP contribution >= 0.6 is 0 Å². The molecule has 0 aliphatic heterocycles. The van der Waals surface area contributed by atoms with Gasteiger partial charge in [-0.05, 0) is 66.2 Å². The second kappa shape index (κ2) is 8.83. The van der Waals surface area contributed by atoms with Crippen molar-refractivity contribution in [2.45, 2.75) is 0 Å². The molecule has 0 aliphatic carbocycles. The average molecular weight is 470 g/mol. The van der Waals surface area contributed by atoms with Crippen LogP contribution in [0.1, 0.15) is 15.9 Å². The van der Waals surface area contributed by atoms with Gasteiger partial charge in [0, 0.05) is 22.9 Å². The summed E-state index contributed by atoms with van der Waals surface area (Å²) in [4.78, 5) is 13.6. The third kappa shape index (κ3) is 3.91. The molecule has 0 atom stereocenters. The van der Waals surface area contributed by atoms with E-state index < -0.39 is 23.2 Å². The predicted molar refractivity (Wildman–Crippen MR) is 126 cm³/mol. The van der Waals surface area contributed by atoms with Crippen LogP contribution in [0.25, 0.3) is 28.2 Å². The van der Waals surface area contributed by atoms with E-state index in [4.69, 9.17) is 9.26 Å². The van der Waals surface area contributed by atoms with Crippen LogP contribution in [0.4, 0.5) is 4.39 Å². The lowest BCUT2D eigenvalue weighted by atomic mass is 9.99. The average Bonchev–Trinajstić information content (AvgIpc) is 3.52. The van der Waals surface area contributed by atoms with Crippen LogP contribution in [-0.2, 0) is 0 Å². The first-order valence-electron chi connectivity index (χ1n) is 10.6. The molecule has 0 unspecified atom stereocenters. The molecule has 7 nitrogen and oxygen atoms in total. The van der Waals surface area contributed by atoms with E-state index in [0.29, 0.717) is 28.3 Å². The van der Waals surface area contributed by atoms with E-state index in [2.05, 4.69) is 5.16 Å². The molecule has 0 saturated heterocycles. The zero-order valence-corrected chi connectivity index (χ0v) is 18.5. The SMILES string of the molecule is COc1ccc(C(=O)c2c(O)c(O)n(-c3cccc(-c4ccon4)c3)c2-c2ccc(F)cc2)cc1. The summed E-state index contributed by atoms with van der Waals surface area (Å²) < 4.78 is 25.1. The van der Waals surface area contributed by atoms with Crippen LogP contribution in [0.15, 0.2) is 89.6 Å². The zero-order valence-electron chi connectivity index (χ0n) is 18.5. The zero-order chi connectivity index (χ0) is 24.5. The van der Waals surface area contributed by atoms with Gasteiger partial charge in [0.15, 0.2) is 11.5 Å². The molecule has 0 spiro atoms. The van der Waals surface area contributed by atoms with Gasteiger partial charge in [-0.25, -0.2) is 4.39 Å². The topological polar surface area (TPSA) is 97.7 Å². The van der Waals surface area contributed by atoms with E-state index in [1.54, 1.807) is 48.5 Å². The summed E-state index contributed by atoms with van der Waals surface area (Å²) in [5.41, 5.74) is 2.50. The molecule has 174 valence electrons. The van der Waals surface area contributed by atoms with Crippen LogP contribution < -0.4 is 4.74 Å². The molecule has 5 aromatic rings. The van der Waals surface area contributed by atoms with Crippen molar-refractivity contribution in [3.8, 4) is 45.6 Å². The highest BCUT2D eigenvalue weighted by Gasteiger charge is 2.30. The highest BCUT2D eigenvalue weighted by molar-refractivity contribution is 6.15. The van der Waals surface area contributed by atoms with Gasteiger partial charge in [-0.1, -0.05) is 17.3 Å². The molecule has 0 fully saturated rings. The minimum atomic E-state index is -0.586. The summed E-state index contributed by atoms with van der Waals surface area (Å²) in [5.74, 6) is -1.53. The second-order valence-corrected chi connectivity index (χ2v) is 7.73. The minimum absolute atomic E-state index is 0.119. The number of carbonyl (C=O) groups excluding carboxylic acids is 1. The van der Waals surface area contributed by atoms with Crippen molar-refractivity contribution in [1.82, 2.24) is 9.72 Å². The number of halogens is 1. The molecular formula is C27H19FN2O5. The quantitative estimate of drug-likeness (QED) is 0.314. The Balaban J connectivity index is 1.74. The number of methoxy groups -OCH3 is 1. The lowest BCUT2D eigenvalue weighted by Gasteiger charge is -2.13. The second-order valence-electron chi connectivity index (χ2n) is 7.73. The number of nitrogens with zero attached hydrogens (tertiary/aromatic N) is 2. The van der Waals surface area contributed by atoms with E-state index in [0.717, 1.165) is 0 Å². The fraction of sp³-hybridized carbons (Fsp3) is 0.0370. The molecular weight excluding hydrogens is 451 g/mol. The minimum Gasteiger partial charge on any atom is -0.503 e. The number of aromatic hydroxyl groups is 2. The van der Waals surface area contributed by atoms with E-state index in [1.807, 2.05) is 6.07 Å². The van der Waals surface area contributed by atoms with Crippen LogP contribution in [0, 0.1) is 5.82 Å². The fourth-order valence-electron chi connectivity index (χ4n) is 3.95. The maximum absolute atomic E-state index is 13.7. The highest BCUT2D eigenvalue weighted by Crippen LogP contribution is 2.44. The molecule has 2 aromatic heterocycles. The van der Waals surface area contributed by atoms with Gasteiger partial charge in [-0.15, -0.1) is 0 Å². The lowest BCUT2D eigenvalue weighted by molar-refractivity contribution is 0.103. The standard InChI is InChI=1S/C27H19FN2O5/c1-34-21-11-7-17(8-12-21)25(31)23-24(16-5-9-19(28)10-6-16)30(27(33)26(23)32)20-4-2-3-18(15-20)22-13-14-35-29-22/h2-15,32-33H,1H3. The summed E-state index contributed by atoms with van der Waals surface area (Å²) in [6.45, 7) is 0. The van der Waals surface area contributed by atoms with Crippen LogP contribution in [0.5, 0.6) is 17.4 Å². The Kier molecular flexibility index (Phi) is 5.54. The summed E-state index contributed by atoms with van der Waals surface area (Å²) in [6.07, 6.45) is 1.44. The summed E-state index contributed by atoms with van der Waals surface area (Å²) in [7, 11) is 1.51. The largest absolute Gasteiger partial charge is 0.503 e. The van der Waals surface area contributed by atoms with Crippen molar-refractivity contribution >= 4 is 5.78 Å². The van der Waals surface area contributed by atoms with Crippen LogP contribution in [-0.4, -0.2) is 32.8 Å². The van der Waals surface area contributed by atoms with Gasteiger partial charge in [0.1, 0.15) is 23.5 Å². The first-order chi connectivity index (χ1) is 17.0. The van der Waals surface area contributed by atoms with Crippen molar-refractivity contribution in [1.29, 1.82) is 0 Å². The molecule has 0 bridgehead atoms. The Bertz CT molecular complexity index is 1500. The third-order valence-corrected chi connectivity index (χ3v) is 5.66. The van der Waals surface area contributed by atoms with Crippen molar-refractivity contribution < 1.29 is 28.7 Å². The molecule has 0 amide bonds. The number of benzene rings is 3. The molecule has 0 aliphatic rings. The van der Waals surface area contributed by atoms with E-state index in [-0.39, 0.29) is 16.8 Å². The lowest BCUT2D eigenvalue weighted by Crippen LogP contribution is -2.05. The number of carbonyl (C=O) groups is 1. The first kappa shape index (κ1) is 22.0. The van der Waals surface area contributed by atoms with E-state index in [1.165, 1.54) is 42.2 Å². The van der Waals surface area contributed by atoms with Crippen molar-refractivity contribution in [3.05, 3.63) is 102 Å². The van der Waals surface area contributed by atoms with Gasteiger partial charge in [0.25, 0.3) is 0 Å². The predicted octanol–water partition coefficient (Wildman–Crippen LogP) is 5.59. The Hall–Kier alpha value is -4.85. The van der Waals surface area contributed by atoms with E-state index in [9.17, 15) is 19.4 Å². The van der Waals surface area contributed by atoms with Gasteiger partial charge in [0.2, 0.25) is 5.88 Å². The summed E-state index contributed by atoms with van der Waals surface area (Å²) in [6, 6.07) is 20.5. The monoisotopic (exact) mass is 470 g/mol. The third-order valence-electron chi connectivity index (χ3n) is 5.66. The van der Waals surface area contributed by atoms with Crippen molar-refractivity contribution in [2.75, 3.05) is 7.11 Å². The van der Waals surface area contributed by atoms with Crippen molar-refractivity contribution in [2.24, 2.45) is 0 Å².